The minimum atomic E-state index is -0.979. The third-order valence-electron chi connectivity index (χ3n) is 3.31. The number of carbonyl (C=O) groups is 1. The monoisotopic (exact) mass is 310 g/mol. The molecule has 0 atom stereocenters. The molecule has 0 aliphatic heterocycles. The molecule has 0 aliphatic rings. The van der Waals surface area contributed by atoms with Crippen LogP contribution in [0.1, 0.15) is 11.4 Å². The molecule has 116 valence electrons. The van der Waals surface area contributed by atoms with Crippen molar-refractivity contribution in [3.05, 3.63) is 53.9 Å². The van der Waals surface area contributed by atoms with Crippen molar-refractivity contribution in [3.63, 3.8) is 0 Å². The maximum atomic E-state index is 11.0. The summed E-state index contributed by atoms with van der Waals surface area (Å²) in [6.07, 6.45) is -0.231. The number of nitrogens with zero attached hydrogens (tertiary/aromatic N) is 4. The van der Waals surface area contributed by atoms with Crippen molar-refractivity contribution in [2.75, 3.05) is 0 Å². The highest BCUT2D eigenvalue weighted by molar-refractivity contribution is 5.72. The first-order valence-corrected chi connectivity index (χ1v) is 6.94. The SMILES string of the molecule is Cc1cccc2nc(CC(=O)O)c(N=Nc3ccc(O)cc3)n12. The highest BCUT2D eigenvalue weighted by Crippen LogP contribution is 2.26. The summed E-state index contributed by atoms with van der Waals surface area (Å²) in [5.41, 5.74) is 2.41. The Hall–Kier alpha value is -3.22. The number of carboxylic acid groups (broad SMARTS) is 1. The molecular weight excluding hydrogens is 296 g/mol. The molecule has 0 spiro atoms. The molecule has 23 heavy (non-hydrogen) atoms. The molecule has 0 bridgehead atoms. The van der Waals surface area contributed by atoms with Gasteiger partial charge >= 0.3 is 5.97 Å². The third kappa shape index (κ3) is 3.03. The molecule has 2 heterocycles. The largest absolute Gasteiger partial charge is 0.508 e. The van der Waals surface area contributed by atoms with Crippen molar-refractivity contribution in [2.24, 2.45) is 10.2 Å². The first kappa shape index (κ1) is 14.7. The third-order valence-corrected chi connectivity index (χ3v) is 3.31. The minimum Gasteiger partial charge on any atom is -0.508 e. The zero-order chi connectivity index (χ0) is 16.4. The molecule has 2 aromatic heterocycles. The molecule has 7 nitrogen and oxygen atoms in total. The second-order valence-corrected chi connectivity index (χ2v) is 5.03. The molecule has 0 saturated carbocycles. The lowest BCUT2D eigenvalue weighted by atomic mass is 10.3. The van der Waals surface area contributed by atoms with E-state index in [9.17, 15) is 9.90 Å². The molecule has 3 rings (SSSR count). The normalized spacial score (nSPS) is 11.3. The fourth-order valence-electron chi connectivity index (χ4n) is 2.27. The summed E-state index contributed by atoms with van der Waals surface area (Å²) in [6.45, 7) is 1.89. The van der Waals surface area contributed by atoms with Gasteiger partial charge in [-0.2, -0.15) is 0 Å². The topological polar surface area (TPSA) is 99.5 Å². The Morgan fingerprint density at radius 2 is 1.91 bits per heavy atom. The first-order chi connectivity index (χ1) is 11.0. The van der Waals surface area contributed by atoms with E-state index >= 15 is 0 Å². The van der Waals surface area contributed by atoms with Crippen LogP contribution in [0.4, 0.5) is 11.5 Å². The summed E-state index contributed by atoms with van der Waals surface area (Å²) in [6, 6.07) is 11.8. The van der Waals surface area contributed by atoms with Crippen LogP contribution in [-0.4, -0.2) is 25.6 Å². The van der Waals surface area contributed by atoms with Gasteiger partial charge in [-0.15, -0.1) is 10.2 Å². The number of fused-ring (bicyclic) bond motifs is 1. The summed E-state index contributed by atoms with van der Waals surface area (Å²) in [5.74, 6) is -0.443. The van der Waals surface area contributed by atoms with E-state index in [1.807, 2.05) is 19.1 Å². The Bertz CT molecular complexity index is 898. The minimum absolute atomic E-state index is 0.140. The number of hydrogen-bond acceptors (Lipinski definition) is 5. The Balaban J connectivity index is 2.10. The van der Waals surface area contributed by atoms with Gasteiger partial charge in [0.1, 0.15) is 11.4 Å². The molecule has 1 aromatic carbocycles. The second-order valence-electron chi connectivity index (χ2n) is 5.03. The van der Waals surface area contributed by atoms with Gasteiger partial charge < -0.3 is 10.2 Å². The maximum absolute atomic E-state index is 11.0. The van der Waals surface area contributed by atoms with Gasteiger partial charge in [0.2, 0.25) is 0 Å². The number of pyridine rings is 1. The van der Waals surface area contributed by atoms with Gasteiger partial charge in [0, 0.05) is 5.69 Å². The van der Waals surface area contributed by atoms with E-state index in [2.05, 4.69) is 15.2 Å². The van der Waals surface area contributed by atoms with Crippen molar-refractivity contribution < 1.29 is 15.0 Å². The molecule has 2 N–H and O–H groups in total. The molecule has 7 heteroatoms. The highest BCUT2D eigenvalue weighted by atomic mass is 16.4. The van der Waals surface area contributed by atoms with Gasteiger partial charge in [0.15, 0.2) is 5.82 Å². The number of imidazole rings is 1. The van der Waals surface area contributed by atoms with Crippen LogP contribution in [0.5, 0.6) is 5.75 Å². The predicted octanol–water partition coefficient (Wildman–Crippen LogP) is 3.39. The summed E-state index contributed by atoms with van der Waals surface area (Å²) in [4.78, 5) is 15.4. The predicted molar refractivity (Wildman–Crippen MR) is 83.6 cm³/mol. The van der Waals surface area contributed by atoms with Crippen LogP contribution in [0.25, 0.3) is 5.65 Å². The van der Waals surface area contributed by atoms with Crippen LogP contribution in [0, 0.1) is 6.92 Å². The number of rotatable bonds is 4. The van der Waals surface area contributed by atoms with E-state index in [4.69, 9.17) is 5.11 Å². The van der Waals surface area contributed by atoms with E-state index < -0.39 is 5.97 Å². The lowest BCUT2D eigenvalue weighted by Gasteiger charge is -2.01. The lowest BCUT2D eigenvalue weighted by molar-refractivity contribution is -0.136. The van der Waals surface area contributed by atoms with Crippen LogP contribution in [0.3, 0.4) is 0 Å². The van der Waals surface area contributed by atoms with E-state index in [1.54, 1.807) is 22.6 Å². The van der Waals surface area contributed by atoms with Gasteiger partial charge in [0.25, 0.3) is 0 Å². The number of phenols is 1. The van der Waals surface area contributed by atoms with Gasteiger partial charge in [-0.05, 0) is 43.3 Å². The van der Waals surface area contributed by atoms with E-state index in [0.717, 1.165) is 5.69 Å². The summed E-state index contributed by atoms with van der Waals surface area (Å²) < 4.78 is 1.77. The van der Waals surface area contributed by atoms with Crippen LogP contribution in [0.2, 0.25) is 0 Å². The Labute approximate surface area is 131 Å². The van der Waals surface area contributed by atoms with Crippen molar-refractivity contribution in [3.8, 4) is 5.75 Å². The van der Waals surface area contributed by atoms with Crippen molar-refractivity contribution in [1.82, 2.24) is 9.38 Å². The number of aliphatic carboxylic acids is 1. The number of benzene rings is 1. The van der Waals surface area contributed by atoms with Gasteiger partial charge in [-0.25, -0.2) is 4.98 Å². The Morgan fingerprint density at radius 3 is 2.61 bits per heavy atom. The highest BCUT2D eigenvalue weighted by Gasteiger charge is 2.16. The fraction of sp³-hybridized carbons (Fsp3) is 0.125. The van der Waals surface area contributed by atoms with Gasteiger partial charge in [0.05, 0.1) is 17.8 Å². The molecule has 0 aliphatic carbocycles. The molecule has 0 saturated heterocycles. The lowest BCUT2D eigenvalue weighted by Crippen LogP contribution is -2.00. The van der Waals surface area contributed by atoms with Crippen LogP contribution in [-0.2, 0) is 11.2 Å². The number of aryl methyl sites for hydroxylation is 1. The molecule has 0 amide bonds. The zero-order valence-corrected chi connectivity index (χ0v) is 12.3. The Morgan fingerprint density at radius 1 is 1.17 bits per heavy atom. The van der Waals surface area contributed by atoms with Gasteiger partial charge in [-0.3, -0.25) is 9.20 Å². The smallest absolute Gasteiger partial charge is 0.309 e. The van der Waals surface area contributed by atoms with Crippen LogP contribution >= 0.6 is 0 Å². The number of carboxylic acids is 1. The van der Waals surface area contributed by atoms with E-state index in [-0.39, 0.29) is 12.2 Å². The molecule has 0 unspecified atom stereocenters. The number of azo groups is 1. The van der Waals surface area contributed by atoms with E-state index in [0.29, 0.717) is 22.8 Å². The average Bonchev–Trinajstić information content (AvgIpc) is 2.84. The zero-order valence-electron chi connectivity index (χ0n) is 12.3. The molecule has 0 radical (unpaired) electrons. The molecule has 0 fully saturated rings. The summed E-state index contributed by atoms with van der Waals surface area (Å²) >= 11 is 0. The standard InChI is InChI=1S/C16H14N4O3/c1-10-3-2-4-14-17-13(9-15(22)23)16(20(10)14)19-18-11-5-7-12(21)8-6-11/h2-8,21H,9H2,1H3,(H,22,23). The second kappa shape index (κ2) is 5.88. The summed E-state index contributed by atoms with van der Waals surface area (Å²) in [5, 5.41) is 26.6. The maximum Gasteiger partial charge on any atom is 0.309 e. The van der Waals surface area contributed by atoms with Gasteiger partial charge in [-0.1, -0.05) is 6.07 Å². The molecular formula is C16H14N4O3. The number of hydrogen-bond donors (Lipinski definition) is 2. The van der Waals surface area contributed by atoms with Crippen molar-refractivity contribution in [1.29, 1.82) is 0 Å². The average molecular weight is 310 g/mol. The number of aromatic hydroxyl groups is 1. The number of aromatic nitrogens is 2. The van der Waals surface area contributed by atoms with Crippen LogP contribution < -0.4 is 0 Å². The van der Waals surface area contributed by atoms with Crippen molar-refractivity contribution in [2.45, 2.75) is 13.3 Å². The Kier molecular flexibility index (Phi) is 3.76. The summed E-state index contributed by atoms with van der Waals surface area (Å²) in [7, 11) is 0. The fourth-order valence-corrected chi connectivity index (χ4v) is 2.27. The van der Waals surface area contributed by atoms with E-state index in [1.165, 1.54) is 12.1 Å². The number of phenolic OH excluding ortho intramolecular Hbond substituents is 1. The quantitative estimate of drug-likeness (QED) is 0.721. The molecule has 3 aromatic rings. The first-order valence-electron chi connectivity index (χ1n) is 6.94. The van der Waals surface area contributed by atoms with Crippen LogP contribution in [0.15, 0.2) is 52.7 Å². The van der Waals surface area contributed by atoms with Crippen molar-refractivity contribution >= 4 is 23.1 Å².